The highest BCUT2D eigenvalue weighted by Gasteiger charge is 2.29. The predicted molar refractivity (Wildman–Crippen MR) is 65.6 cm³/mol. The summed E-state index contributed by atoms with van der Waals surface area (Å²) < 4.78 is 25.0. The van der Waals surface area contributed by atoms with Gasteiger partial charge in [-0.2, -0.15) is 4.98 Å². The van der Waals surface area contributed by atoms with Gasteiger partial charge in [0.15, 0.2) is 0 Å². The third-order valence-electron chi connectivity index (χ3n) is 3.01. The standard InChI is InChI=1S/C11H14FN3O2S/c1-18(17)11-4-10(13-7-14-11)15-3-2-8(6-16)9(12)5-15/h4,6-9H,2-3,5H2,1H3/t8-,9-,18+/m0/s1. The van der Waals surface area contributed by atoms with E-state index in [2.05, 4.69) is 9.97 Å². The van der Waals surface area contributed by atoms with Crippen LogP contribution in [0.5, 0.6) is 0 Å². The summed E-state index contributed by atoms with van der Waals surface area (Å²) in [6.45, 7) is 0.701. The zero-order valence-electron chi connectivity index (χ0n) is 9.95. The number of aromatic nitrogens is 2. The maximum atomic E-state index is 13.7. The summed E-state index contributed by atoms with van der Waals surface area (Å²) in [6, 6.07) is 1.60. The number of anilines is 1. The first-order valence-electron chi connectivity index (χ1n) is 5.61. The zero-order chi connectivity index (χ0) is 13.1. The van der Waals surface area contributed by atoms with E-state index in [4.69, 9.17) is 0 Å². The van der Waals surface area contributed by atoms with Crippen LogP contribution in [0.3, 0.4) is 0 Å². The molecule has 1 saturated heterocycles. The minimum Gasteiger partial charge on any atom is -0.610 e. The summed E-state index contributed by atoms with van der Waals surface area (Å²) in [5, 5.41) is 0.424. The molecule has 0 saturated carbocycles. The van der Waals surface area contributed by atoms with Crippen molar-refractivity contribution in [2.45, 2.75) is 17.6 Å². The molecule has 98 valence electrons. The Hall–Kier alpha value is -1.21. The van der Waals surface area contributed by atoms with Crippen molar-refractivity contribution in [3.8, 4) is 0 Å². The molecule has 1 aromatic rings. The van der Waals surface area contributed by atoms with Crippen molar-refractivity contribution in [3.05, 3.63) is 12.4 Å². The molecule has 0 spiro atoms. The summed E-state index contributed by atoms with van der Waals surface area (Å²) in [5.41, 5.74) is 0. The van der Waals surface area contributed by atoms with Crippen molar-refractivity contribution in [1.82, 2.24) is 9.97 Å². The number of carbonyl (C=O) groups is 1. The lowest BCUT2D eigenvalue weighted by molar-refractivity contribution is -0.113. The van der Waals surface area contributed by atoms with Gasteiger partial charge in [0.05, 0.1) is 12.6 Å². The fraction of sp³-hybridized carbons (Fsp3) is 0.545. The minimum atomic E-state index is -1.19. The first-order valence-corrected chi connectivity index (χ1v) is 7.17. The first kappa shape index (κ1) is 13.2. The zero-order valence-corrected chi connectivity index (χ0v) is 10.8. The Morgan fingerprint density at radius 1 is 1.61 bits per heavy atom. The third-order valence-corrected chi connectivity index (χ3v) is 3.82. The number of hydrogen-bond acceptors (Lipinski definition) is 5. The summed E-state index contributed by atoms with van der Waals surface area (Å²) in [7, 11) is 0. The maximum Gasteiger partial charge on any atom is 0.249 e. The molecule has 0 aliphatic carbocycles. The quantitative estimate of drug-likeness (QED) is 0.457. The van der Waals surface area contributed by atoms with Crippen molar-refractivity contribution < 1.29 is 13.7 Å². The molecule has 1 aliphatic heterocycles. The van der Waals surface area contributed by atoms with Crippen LogP contribution in [0.25, 0.3) is 0 Å². The van der Waals surface area contributed by atoms with Crippen LogP contribution in [0.4, 0.5) is 10.2 Å². The SMILES string of the molecule is C[S@@+]([O-])c1cc(N2CC[C@@H](C=O)[C@@H](F)C2)ncn1. The molecular weight excluding hydrogens is 257 g/mol. The number of aldehydes is 1. The van der Waals surface area contributed by atoms with E-state index in [1.54, 1.807) is 11.0 Å². The summed E-state index contributed by atoms with van der Waals surface area (Å²) >= 11 is -1.19. The monoisotopic (exact) mass is 271 g/mol. The number of carbonyl (C=O) groups excluding carboxylic acids is 1. The van der Waals surface area contributed by atoms with E-state index in [1.165, 1.54) is 12.6 Å². The van der Waals surface area contributed by atoms with Crippen molar-refractivity contribution in [1.29, 1.82) is 0 Å². The highest BCUT2D eigenvalue weighted by atomic mass is 32.2. The molecule has 2 rings (SSSR count). The van der Waals surface area contributed by atoms with Gasteiger partial charge in [0.25, 0.3) is 0 Å². The molecule has 0 amide bonds. The number of halogens is 1. The topological polar surface area (TPSA) is 69.2 Å². The molecule has 0 radical (unpaired) electrons. The van der Waals surface area contributed by atoms with Crippen LogP contribution < -0.4 is 4.90 Å². The van der Waals surface area contributed by atoms with Gasteiger partial charge in [-0.25, -0.2) is 9.37 Å². The van der Waals surface area contributed by atoms with Crippen LogP contribution in [0.2, 0.25) is 0 Å². The van der Waals surface area contributed by atoms with Gasteiger partial charge in [0.1, 0.15) is 30.9 Å². The Morgan fingerprint density at radius 3 is 3.00 bits per heavy atom. The molecule has 3 atom stereocenters. The molecule has 0 bridgehead atoms. The molecule has 1 aromatic heterocycles. The smallest absolute Gasteiger partial charge is 0.249 e. The Labute approximate surface area is 108 Å². The Morgan fingerprint density at radius 2 is 2.39 bits per heavy atom. The van der Waals surface area contributed by atoms with E-state index in [-0.39, 0.29) is 6.54 Å². The summed E-state index contributed by atoms with van der Waals surface area (Å²) in [4.78, 5) is 20.3. The first-order chi connectivity index (χ1) is 8.61. The minimum absolute atomic E-state index is 0.135. The molecule has 2 heterocycles. The van der Waals surface area contributed by atoms with E-state index in [0.29, 0.717) is 30.1 Å². The second kappa shape index (κ2) is 5.62. The molecule has 0 aromatic carbocycles. The number of nitrogens with zero attached hydrogens (tertiary/aromatic N) is 3. The van der Waals surface area contributed by atoms with E-state index < -0.39 is 23.3 Å². The van der Waals surface area contributed by atoms with Crippen LogP contribution >= 0.6 is 0 Å². The Kier molecular flexibility index (Phi) is 4.13. The molecule has 0 unspecified atom stereocenters. The maximum absolute atomic E-state index is 13.7. The molecular formula is C11H14FN3O2S. The molecule has 18 heavy (non-hydrogen) atoms. The highest BCUT2D eigenvalue weighted by molar-refractivity contribution is 7.90. The van der Waals surface area contributed by atoms with Gasteiger partial charge < -0.3 is 14.2 Å². The van der Waals surface area contributed by atoms with E-state index in [9.17, 15) is 13.7 Å². The van der Waals surface area contributed by atoms with E-state index >= 15 is 0 Å². The predicted octanol–water partition coefficient (Wildman–Crippen LogP) is 0.577. The van der Waals surface area contributed by atoms with Crippen molar-refractivity contribution in [3.63, 3.8) is 0 Å². The molecule has 7 heteroatoms. The van der Waals surface area contributed by atoms with Gasteiger partial charge in [0.2, 0.25) is 5.03 Å². The van der Waals surface area contributed by atoms with Crippen LogP contribution in [0.1, 0.15) is 6.42 Å². The van der Waals surface area contributed by atoms with Crippen molar-refractivity contribution >= 4 is 23.3 Å². The average Bonchev–Trinajstić information content (AvgIpc) is 2.38. The van der Waals surface area contributed by atoms with Crippen LogP contribution in [0.15, 0.2) is 17.4 Å². The van der Waals surface area contributed by atoms with Crippen LogP contribution in [-0.2, 0) is 16.0 Å². The molecule has 5 nitrogen and oxygen atoms in total. The Bertz CT molecular complexity index is 433. The molecule has 1 fully saturated rings. The number of hydrogen-bond donors (Lipinski definition) is 0. The van der Waals surface area contributed by atoms with Crippen LogP contribution in [0, 0.1) is 5.92 Å². The van der Waals surface area contributed by atoms with E-state index in [0.717, 1.165) is 0 Å². The van der Waals surface area contributed by atoms with Crippen molar-refractivity contribution in [2.75, 3.05) is 24.2 Å². The highest BCUT2D eigenvalue weighted by Crippen LogP contribution is 2.23. The number of alkyl halides is 1. The fourth-order valence-electron chi connectivity index (χ4n) is 1.94. The van der Waals surface area contributed by atoms with Gasteiger partial charge in [-0.3, -0.25) is 0 Å². The average molecular weight is 271 g/mol. The fourth-order valence-corrected chi connectivity index (χ4v) is 2.41. The lowest BCUT2D eigenvalue weighted by Crippen LogP contribution is -2.42. The lowest BCUT2D eigenvalue weighted by atomic mass is 9.97. The van der Waals surface area contributed by atoms with Gasteiger partial charge in [-0.1, -0.05) is 0 Å². The summed E-state index contributed by atoms with van der Waals surface area (Å²) in [6.07, 6.45) is 2.82. The van der Waals surface area contributed by atoms with Gasteiger partial charge in [-0.05, 0) is 6.42 Å². The van der Waals surface area contributed by atoms with Gasteiger partial charge in [-0.15, -0.1) is 0 Å². The Balaban J connectivity index is 2.13. The third kappa shape index (κ3) is 2.78. The van der Waals surface area contributed by atoms with Gasteiger partial charge in [0, 0.05) is 23.6 Å². The van der Waals surface area contributed by atoms with E-state index in [1.807, 2.05) is 0 Å². The number of rotatable bonds is 3. The summed E-state index contributed by atoms with van der Waals surface area (Å²) in [5.74, 6) is 0.0325. The van der Waals surface area contributed by atoms with Gasteiger partial charge >= 0.3 is 0 Å². The van der Waals surface area contributed by atoms with Crippen molar-refractivity contribution in [2.24, 2.45) is 5.92 Å². The molecule has 1 aliphatic rings. The van der Waals surface area contributed by atoms with Crippen LogP contribution in [-0.4, -0.2) is 46.3 Å². The normalized spacial score (nSPS) is 25.8. The number of piperidine rings is 1. The second-order valence-electron chi connectivity index (χ2n) is 4.22. The second-order valence-corrected chi connectivity index (χ2v) is 5.55. The molecule has 0 N–H and O–H groups in total. The largest absolute Gasteiger partial charge is 0.610 e. The lowest BCUT2D eigenvalue weighted by Gasteiger charge is -2.32.